The third kappa shape index (κ3) is 5.63. The van der Waals surface area contributed by atoms with Crippen molar-refractivity contribution in [1.82, 2.24) is 10.2 Å². The molecule has 0 bridgehead atoms. The third-order valence-electron chi connectivity index (χ3n) is 6.77. The van der Waals surface area contributed by atoms with Crippen LogP contribution in [0.4, 0.5) is 11.4 Å². The van der Waals surface area contributed by atoms with Crippen LogP contribution in [0.5, 0.6) is 0 Å². The number of hydrogen-bond donors (Lipinski definition) is 1. The van der Waals surface area contributed by atoms with Crippen molar-refractivity contribution in [1.29, 1.82) is 0 Å². The Labute approximate surface area is 218 Å². The minimum absolute atomic E-state index is 0.00280. The first-order valence-corrected chi connectivity index (χ1v) is 12.4. The van der Waals surface area contributed by atoms with E-state index < -0.39 is 16.4 Å². The summed E-state index contributed by atoms with van der Waals surface area (Å²) in [5, 5.41) is 15.3. The molecule has 2 amide bonds. The van der Waals surface area contributed by atoms with Gasteiger partial charge in [0.1, 0.15) is 5.56 Å². The molecule has 2 aromatic carbocycles. The summed E-state index contributed by atoms with van der Waals surface area (Å²) in [6.45, 7) is 3.68. The molecule has 1 heterocycles. The molecule has 1 aliphatic carbocycles. The second-order valence-electron chi connectivity index (χ2n) is 9.16. The van der Waals surface area contributed by atoms with E-state index in [0.29, 0.717) is 61.2 Å². The maximum Gasteiger partial charge on any atom is 0.282 e. The second kappa shape index (κ2) is 10.4. The molecule has 2 aliphatic rings. The van der Waals surface area contributed by atoms with E-state index in [1.54, 1.807) is 29.2 Å². The molecule has 0 unspecified atom stereocenters. The van der Waals surface area contributed by atoms with Crippen LogP contribution in [0.2, 0.25) is 10.0 Å². The molecule has 36 heavy (non-hydrogen) atoms. The van der Waals surface area contributed by atoms with Crippen LogP contribution in [0.1, 0.15) is 42.1 Å². The minimum atomic E-state index is -1.01. The number of nitrogens with one attached hydrogen (secondary N) is 1. The molecule has 0 atom stereocenters. The van der Waals surface area contributed by atoms with Crippen molar-refractivity contribution in [3.63, 3.8) is 0 Å². The van der Waals surface area contributed by atoms with Crippen LogP contribution in [0, 0.1) is 10.1 Å². The molecule has 1 saturated heterocycles. The van der Waals surface area contributed by atoms with Crippen LogP contribution in [0.25, 0.3) is 0 Å². The highest BCUT2D eigenvalue weighted by Crippen LogP contribution is 2.39. The Bertz CT molecular complexity index is 1220. The van der Waals surface area contributed by atoms with Gasteiger partial charge in [0.2, 0.25) is 5.91 Å². The Hall–Kier alpha value is -3.17. The van der Waals surface area contributed by atoms with Gasteiger partial charge in [0.25, 0.3) is 11.6 Å². The topological polar surface area (TPSA) is 113 Å². The lowest BCUT2D eigenvalue weighted by atomic mass is 10.0. The number of Topliss-reactive ketones (excluding diaryl/α,β-unsaturated/α-hetero) is 1. The summed E-state index contributed by atoms with van der Waals surface area (Å²) >= 11 is 12.0. The number of carbonyl (C=O) groups excluding carboxylic acids is 3. The van der Waals surface area contributed by atoms with Gasteiger partial charge in [0, 0.05) is 51.3 Å². The molecule has 9 nitrogen and oxygen atoms in total. The van der Waals surface area contributed by atoms with E-state index in [1.807, 2.05) is 4.90 Å². The highest BCUT2D eigenvalue weighted by atomic mass is 35.5. The smallest absolute Gasteiger partial charge is 0.282 e. The first-order valence-electron chi connectivity index (χ1n) is 11.7. The number of nitro groups is 1. The maximum absolute atomic E-state index is 13.2. The molecular formula is C25H26Cl2N4O5. The fraction of sp³-hybridized carbons (Fsp3) is 0.400. The molecule has 0 aromatic heterocycles. The van der Waals surface area contributed by atoms with Crippen molar-refractivity contribution in [2.45, 2.75) is 38.1 Å². The molecule has 1 aliphatic heterocycles. The number of hydrogen-bond acceptors (Lipinski definition) is 6. The maximum atomic E-state index is 13.2. The van der Waals surface area contributed by atoms with Gasteiger partial charge in [-0.2, -0.15) is 0 Å². The average Bonchev–Trinajstić information content (AvgIpc) is 3.64. The summed E-state index contributed by atoms with van der Waals surface area (Å²) in [5.74, 6) is -0.774. The summed E-state index contributed by atoms with van der Waals surface area (Å²) < 4.78 is 0. The second-order valence-corrected chi connectivity index (χ2v) is 9.97. The lowest BCUT2D eigenvalue weighted by molar-refractivity contribution is -0.385. The van der Waals surface area contributed by atoms with Gasteiger partial charge in [-0.25, -0.2) is 0 Å². The molecule has 1 N–H and O–H groups in total. The molecule has 0 spiro atoms. The Kier molecular flexibility index (Phi) is 7.51. The molecule has 190 valence electrons. The van der Waals surface area contributed by atoms with Crippen LogP contribution >= 0.6 is 23.2 Å². The van der Waals surface area contributed by atoms with Crippen molar-refractivity contribution in [2.75, 3.05) is 31.1 Å². The average molecular weight is 533 g/mol. The Morgan fingerprint density at radius 3 is 2.31 bits per heavy atom. The monoisotopic (exact) mass is 532 g/mol. The molecule has 0 radical (unpaired) electrons. The van der Waals surface area contributed by atoms with Crippen molar-refractivity contribution >= 4 is 52.2 Å². The summed E-state index contributed by atoms with van der Waals surface area (Å²) in [6.07, 6.45) is 1.61. The van der Waals surface area contributed by atoms with E-state index in [0.717, 1.165) is 5.56 Å². The van der Waals surface area contributed by atoms with Gasteiger partial charge in [-0.1, -0.05) is 29.3 Å². The number of aryl methyl sites for hydroxylation is 1. The predicted molar refractivity (Wildman–Crippen MR) is 137 cm³/mol. The number of nitro benzene ring substituents is 1. The quantitative estimate of drug-likeness (QED) is 0.405. The van der Waals surface area contributed by atoms with E-state index >= 15 is 0 Å². The van der Waals surface area contributed by atoms with Gasteiger partial charge in [-0.3, -0.25) is 24.5 Å². The zero-order valence-electron chi connectivity index (χ0n) is 19.8. The Morgan fingerprint density at radius 2 is 1.72 bits per heavy atom. The third-order valence-corrected chi connectivity index (χ3v) is 7.51. The van der Waals surface area contributed by atoms with E-state index in [4.69, 9.17) is 23.2 Å². The molecule has 4 rings (SSSR count). The van der Waals surface area contributed by atoms with Crippen LogP contribution < -0.4 is 10.2 Å². The normalized spacial score (nSPS) is 16.4. The lowest BCUT2D eigenvalue weighted by Gasteiger charge is -2.35. The number of amides is 2. The number of carbonyl (C=O) groups is 3. The number of benzene rings is 2. The number of ketones is 1. The van der Waals surface area contributed by atoms with Crippen LogP contribution in [-0.2, 0) is 16.0 Å². The summed E-state index contributed by atoms with van der Waals surface area (Å²) in [4.78, 5) is 52.5. The zero-order chi connectivity index (χ0) is 26.0. The molecule has 1 saturated carbocycles. The Balaban J connectivity index is 1.46. The Morgan fingerprint density at radius 1 is 1.03 bits per heavy atom. The van der Waals surface area contributed by atoms with Crippen molar-refractivity contribution in [2.24, 2.45) is 0 Å². The summed E-state index contributed by atoms with van der Waals surface area (Å²) in [7, 11) is 0. The van der Waals surface area contributed by atoms with Crippen molar-refractivity contribution in [3.05, 3.63) is 67.7 Å². The molecule has 11 heteroatoms. The standard InChI is InChI=1S/C25H26Cl2N4O5/c1-16(32)29-10-12-30(13-11-29)18-4-6-22(31(35)36)19(15-18)24(34)28-25(8-9-25)23(33)7-3-17-2-5-20(26)21(27)14-17/h2,4-6,14-15H,3,7-13H2,1H3,(H,28,34). The minimum Gasteiger partial charge on any atom is -0.368 e. The first-order chi connectivity index (χ1) is 17.1. The number of nitrogens with zero attached hydrogens (tertiary/aromatic N) is 3. The van der Waals surface area contributed by atoms with Crippen LogP contribution in [0.3, 0.4) is 0 Å². The lowest BCUT2D eigenvalue weighted by Crippen LogP contribution is -2.48. The highest BCUT2D eigenvalue weighted by molar-refractivity contribution is 6.42. The first kappa shape index (κ1) is 25.9. The number of rotatable bonds is 8. The number of halogens is 2. The molecule has 2 aromatic rings. The van der Waals surface area contributed by atoms with Crippen molar-refractivity contribution in [3.8, 4) is 0 Å². The molecule has 2 fully saturated rings. The van der Waals surface area contributed by atoms with Gasteiger partial charge in [-0.15, -0.1) is 0 Å². The van der Waals surface area contributed by atoms with E-state index in [2.05, 4.69) is 5.32 Å². The van der Waals surface area contributed by atoms with Crippen LogP contribution in [0.15, 0.2) is 36.4 Å². The number of piperazine rings is 1. The van der Waals surface area contributed by atoms with Gasteiger partial charge in [0.15, 0.2) is 5.78 Å². The van der Waals surface area contributed by atoms with Crippen LogP contribution in [-0.4, -0.2) is 59.1 Å². The van der Waals surface area contributed by atoms with E-state index in [-0.39, 0.29) is 29.4 Å². The van der Waals surface area contributed by atoms with Crippen molar-refractivity contribution < 1.29 is 19.3 Å². The number of anilines is 1. The summed E-state index contributed by atoms with van der Waals surface area (Å²) in [6, 6.07) is 9.59. The fourth-order valence-electron chi connectivity index (χ4n) is 4.42. The predicted octanol–water partition coefficient (Wildman–Crippen LogP) is 4.03. The van der Waals surface area contributed by atoms with Gasteiger partial charge in [-0.05, 0) is 49.1 Å². The van der Waals surface area contributed by atoms with Gasteiger partial charge in [0.05, 0.1) is 20.5 Å². The van der Waals surface area contributed by atoms with Gasteiger partial charge < -0.3 is 15.1 Å². The van der Waals surface area contributed by atoms with E-state index in [9.17, 15) is 24.5 Å². The highest BCUT2D eigenvalue weighted by Gasteiger charge is 2.50. The largest absolute Gasteiger partial charge is 0.368 e. The van der Waals surface area contributed by atoms with E-state index in [1.165, 1.54) is 19.1 Å². The zero-order valence-corrected chi connectivity index (χ0v) is 21.3. The fourth-order valence-corrected chi connectivity index (χ4v) is 4.74. The molecular weight excluding hydrogens is 507 g/mol. The SMILES string of the molecule is CC(=O)N1CCN(c2ccc([N+](=O)[O-])c(C(=O)NC3(C(=O)CCc4ccc(Cl)c(Cl)c4)CC3)c2)CC1. The summed E-state index contributed by atoms with van der Waals surface area (Å²) in [5.41, 5.74) is 0.0927. The van der Waals surface area contributed by atoms with Gasteiger partial charge >= 0.3 is 0 Å².